The van der Waals surface area contributed by atoms with Crippen LogP contribution in [-0.2, 0) is 21.4 Å². The second kappa shape index (κ2) is 6.62. The van der Waals surface area contributed by atoms with Gasteiger partial charge in [0.25, 0.3) is 0 Å². The molecule has 0 bridgehead atoms. The number of carbonyl (C=O) groups is 1. The summed E-state index contributed by atoms with van der Waals surface area (Å²) in [7, 11) is -3.70. The number of furan rings is 1. The van der Waals surface area contributed by atoms with Gasteiger partial charge in [-0.25, -0.2) is 13.1 Å². The Morgan fingerprint density at radius 1 is 1.33 bits per heavy atom. The number of thioether (sulfide) groups is 1. The Bertz CT molecular complexity index is 874. The molecule has 1 aromatic heterocycles. The third kappa shape index (κ3) is 3.66. The van der Waals surface area contributed by atoms with Crippen LogP contribution in [0.2, 0.25) is 0 Å². The first-order valence-corrected chi connectivity index (χ1v) is 9.95. The van der Waals surface area contributed by atoms with Gasteiger partial charge in [-0.1, -0.05) is 6.92 Å². The molecular formula is C16H18N2O4S2. The Kier molecular flexibility index (Phi) is 4.71. The molecule has 8 heteroatoms. The zero-order chi connectivity index (χ0) is 17.3. The van der Waals surface area contributed by atoms with Gasteiger partial charge >= 0.3 is 0 Å². The zero-order valence-electron chi connectivity index (χ0n) is 13.3. The van der Waals surface area contributed by atoms with Crippen LogP contribution in [0.1, 0.15) is 18.4 Å². The molecule has 0 unspecified atom stereocenters. The highest BCUT2D eigenvalue weighted by Gasteiger charge is 2.23. The maximum Gasteiger partial charge on any atom is 0.241 e. The molecule has 24 heavy (non-hydrogen) atoms. The van der Waals surface area contributed by atoms with Crippen LogP contribution < -0.4 is 10.0 Å². The third-order valence-corrected chi connectivity index (χ3v) is 6.42. The lowest BCUT2D eigenvalue weighted by molar-refractivity contribution is -0.118. The lowest BCUT2D eigenvalue weighted by Gasteiger charge is -2.10. The lowest BCUT2D eigenvalue weighted by atomic mass is 10.2. The third-order valence-electron chi connectivity index (χ3n) is 3.69. The van der Waals surface area contributed by atoms with E-state index in [0.717, 1.165) is 10.7 Å². The number of sulfonamides is 1. The van der Waals surface area contributed by atoms with Crippen LogP contribution in [0.5, 0.6) is 0 Å². The monoisotopic (exact) mass is 366 g/mol. The van der Waals surface area contributed by atoms with Crippen molar-refractivity contribution in [1.82, 2.24) is 4.72 Å². The van der Waals surface area contributed by atoms with Gasteiger partial charge in [-0.2, -0.15) is 0 Å². The Morgan fingerprint density at radius 2 is 2.12 bits per heavy atom. The van der Waals surface area contributed by atoms with Crippen molar-refractivity contribution in [1.29, 1.82) is 0 Å². The van der Waals surface area contributed by atoms with Crippen molar-refractivity contribution in [3.05, 3.63) is 41.9 Å². The van der Waals surface area contributed by atoms with Crippen LogP contribution >= 0.6 is 11.8 Å². The van der Waals surface area contributed by atoms with Crippen molar-refractivity contribution in [2.45, 2.75) is 30.2 Å². The SMILES string of the molecule is Cc1ccc(CNS(=O)(=O)c2ccc3c(c2)NC(=O)[C@@H](C)CS3)o1. The van der Waals surface area contributed by atoms with E-state index in [2.05, 4.69) is 10.0 Å². The number of hydrogen-bond donors (Lipinski definition) is 2. The van der Waals surface area contributed by atoms with E-state index in [9.17, 15) is 13.2 Å². The fourth-order valence-electron chi connectivity index (χ4n) is 2.28. The number of fused-ring (bicyclic) bond motifs is 1. The first-order valence-electron chi connectivity index (χ1n) is 7.48. The Labute approximate surface area is 145 Å². The summed E-state index contributed by atoms with van der Waals surface area (Å²) in [4.78, 5) is 12.9. The second-order valence-electron chi connectivity index (χ2n) is 5.70. The number of nitrogens with one attached hydrogen (secondary N) is 2. The summed E-state index contributed by atoms with van der Waals surface area (Å²) in [5, 5.41) is 2.79. The maximum atomic E-state index is 12.5. The Hall–Kier alpha value is -1.77. The van der Waals surface area contributed by atoms with Crippen LogP contribution in [0, 0.1) is 12.8 Å². The average Bonchev–Trinajstić information content (AvgIpc) is 2.90. The summed E-state index contributed by atoms with van der Waals surface area (Å²) in [5.41, 5.74) is 0.533. The number of hydrogen-bond acceptors (Lipinski definition) is 5. The van der Waals surface area contributed by atoms with Crippen LogP contribution in [0.15, 0.2) is 44.5 Å². The predicted octanol–water partition coefficient (Wildman–Crippen LogP) is 2.75. The van der Waals surface area contributed by atoms with Gasteiger partial charge in [-0.3, -0.25) is 4.79 Å². The van der Waals surface area contributed by atoms with Crippen LogP contribution in [0.3, 0.4) is 0 Å². The van der Waals surface area contributed by atoms with E-state index in [-0.39, 0.29) is 23.3 Å². The van der Waals surface area contributed by atoms with E-state index in [1.165, 1.54) is 6.07 Å². The van der Waals surface area contributed by atoms with Crippen LogP contribution in [0.25, 0.3) is 0 Å². The molecule has 1 aliphatic heterocycles. The number of rotatable bonds is 4. The van der Waals surface area contributed by atoms with Crippen molar-refractivity contribution >= 4 is 33.4 Å². The number of anilines is 1. The maximum absolute atomic E-state index is 12.5. The lowest BCUT2D eigenvalue weighted by Crippen LogP contribution is -2.23. The van der Waals surface area contributed by atoms with Crippen molar-refractivity contribution in [3.63, 3.8) is 0 Å². The number of benzene rings is 1. The standard InChI is InChI=1S/C16H18N2O4S2/c1-10-9-23-15-6-5-13(7-14(15)18-16(10)19)24(20,21)17-8-12-4-3-11(2)22-12/h3-7,10,17H,8-9H2,1-2H3,(H,18,19)/t10-/m0/s1. The molecule has 2 heterocycles. The normalized spacial score (nSPS) is 17.9. The molecule has 0 saturated carbocycles. The molecule has 6 nitrogen and oxygen atoms in total. The van der Waals surface area contributed by atoms with E-state index in [4.69, 9.17) is 4.42 Å². The van der Waals surface area contributed by atoms with E-state index in [1.807, 2.05) is 6.92 Å². The first kappa shape index (κ1) is 17.1. The van der Waals surface area contributed by atoms with E-state index in [1.54, 1.807) is 43.0 Å². The predicted molar refractivity (Wildman–Crippen MR) is 92.4 cm³/mol. The van der Waals surface area contributed by atoms with Crippen molar-refractivity contribution in [2.75, 3.05) is 11.1 Å². The molecule has 1 aromatic carbocycles. The van der Waals surface area contributed by atoms with E-state index >= 15 is 0 Å². The highest BCUT2D eigenvalue weighted by Crippen LogP contribution is 2.34. The van der Waals surface area contributed by atoms with Gasteiger partial charge in [-0.05, 0) is 37.3 Å². The molecular weight excluding hydrogens is 348 g/mol. The Morgan fingerprint density at radius 3 is 2.83 bits per heavy atom. The van der Waals surface area contributed by atoms with Crippen molar-refractivity contribution in [3.8, 4) is 0 Å². The van der Waals surface area contributed by atoms with Gasteiger partial charge in [-0.15, -0.1) is 11.8 Å². The molecule has 0 radical (unpaired) electrons. The molecule has 128 valence electrons. The van der Waals surface area contributed by atoms with Crippen LogP contribution in [-0.4, -0.2) is 20.1 Å². The van der Waals surface area contributed by atoms with Gasteiger partial charge in [0.15, 0.2) is 0 Å². The first-order chi connectivity index (χ1) is 11.3. The van der Waals surface area contributed by atoms with Gasteiger partial charge in [0, 0.05) is 16.6 Å². The average molecular weight is 366 g/mol. The minimum Gasteiger partial charge on any atom is -0.465 e. The molecule has 0 saturated heterocycles. The summed E-state index contributed by atoms with van der Waals surface area (Å²) < 4.78 is 32.8. The van der Waals surface area contributed by atoms with E-state index in [0.29, 0.717) is 17.2 Å². The molecule has 0 fully saturated rings. The van der Waals surface area contributed by atoms with Crippen molar-refractivity contribution < 1.29 is 17.6 Å². The molecule has 2 aromatic rings. The summed E-state index contributed by atoms with van der Waals surface area (Å²) >= 11 is 1.54. The van der Waals surface area contributed by atoms with Gasteiger partial charge in [0.05, 0.1) is 17.1 Å². The summed E-state index contributed by atoms with van der Waals surface area (Å²) in [5.74, 6) is 1.71. The van der Waals surface area contributed by atoms with Crippen molar-refractivity contribution in [2.24, 2.45) is 5.92 Å². The van der Waals surface area contributed by atoms with Gasteiger partial charge in [0.1, 0.15) is 11.5 Å². The fourth-order valence-corrected chi connectivity index (χ4v) is 4.31. The summed E-state index contributed by atoms with van der Waals surface area (Å²) in [6.07, 6.45) is 0. The Balaban J connectivity index is 1.81. The molecule has 0 spiro atoms. The highest BCUT2D eigenvalue weighted by atomic mass is 32.2. The van der Waals surface area contributed by atoms with Gasteiger partial charge < -0.3 is 9.73 Å². The molecule has 0 aliphatic carbocycles. The summed E-state index contributed by atoms with van der Waals surface area (Å²) in [6.45, 7) is 3.72. The number of amides is 1. The molecule has 2 N–H and O–H groups in total. The smallest absolute Gasteiger partial charge is 0.241 e. The molecule has 1 atom stereocenters. The van der Waals surface area contributed by atoms with Crippen LogP contribution in [0.4, 0.5) is 5.69 Å². The summed E-state index contributed by atoms with van der Waals surface area (Å²) in [6, 6.07) is 8.27. The second-order valence-corrected chi connectivity index (χ2v) is 8.52. The van der Waals surface area contributed by atoms with Gasteiger partial charge in [0.2, 0.25) is 15.9 Å². The highest BCUT2D eigenvalue weighted by molar-refractivity contribution is 7.99. The largest absolute Gasteiger partial charge is 0.465 e. The molecule has 1 amide bonds. The minimum absolute atomic E-state index is 0.0748. The molecule has 3 rings (SSSR count). The topological polar surface area (TPSA) is 88.4 Å². The number of aryl methyl sites for hydroxylation is 1. The fraction of sp³-hybridized carbons (Fsp3) is 0.312. The minimum atomic E-state index is -3.70. The van der Waals surface area contributed by atoms with E-state index < -0.39 is 10.0 Å². The molecule has 1 aliphatic rings. The zero-order valence-corrected chi connectivity index (χ0v) is 15.0. The quantitative estimate of drug-likeness (QED) is 0.869. The number of carbonyl (C=O) groups excluding carboxylic acids is 1.